The molecule has 1 N–H and O–H groups in total. The van der Waals surface area contributed by atoms with Crippen molar-refractivity contribution in [3.63, 3.8) is 0 Å². The molecule has 1 heterocycles. The molecule has 94 valence electrons. The number of carboxylic acids is 1. The van der Waals surface area contributed by atoms with E-state index in [4.69, 9.17) is 0 Å². The number of carbonyl (C=O) groups is 3. The lowest BCUT2D eigenvalue weighted by Crippen LogP contribution is -2.42. The molecule has 1 aliphatic heterocycles. The Morgan fingerprint density at radius 2 is 2.00 bits per heavy atom. The highest BCUT2D eigenvalue weighted by Gasteiger charge is 2.39. The van der Waals surface area contributed by atoms with Gasteiger partial charge in [0.1, 0.15) is 0 Å². The molecule has 0 aliphatic carbocycles. The number of hydrogen-bond acceptors (Lipinski definition) is 6. The first kappa shape index (κ1) is 12.4. The number of nitrogens with one attached hydrogen (secondary N) is 1. The molecule has 0 saturated carbocycles. The molecule has 0 unspecified atom stereocenters. The van der Waals surface area contributed by atoms with Crippen LogP contribution in [0.4, 0.5) is 10.5 Å². The highest BCUT2D eigenvalue weighted by Crippen LogP contribution is 2.27. The predicted octanol–water partition coefficient (Wildman–Crippen LogP) is -0.130. The van der Waals surface area contributed by atoms with Crippen molar-refractivity contribution in [1.82, 2.24) is 4.90 Å². The maximum atomic E-state index is 11.8. The topological polar surface area (TPSA) is 89.5 Å². The summed E-state index contributed by atoms with van der Waals surface area (Å²) in [5, 5.41) is 11.9. The van der Waals surface area contributed by atoms with Gasteiger partial charge in [-0.15, -0.1) is 0 Å². The quantitative estimate of drug-likeness (QED) is 0.815. The third-order valence-corrected chi connectivity index (χ3v) is 3.27. The average Bonchev–Trinajstić information content (AvgIpc) is 2.58. The van der Waals surface area contributed by atoms with E-state index in [9.17, 15) is 19.5 Å². The van der Waals surface area contributed by atoms with Crippen molar-refractivity contribution in [2.45, 2.75) is 5.37 Å². The summed E-state index contributed by atoms with van der Waals surface area (Å²) in [7, 11) is 0. The maximum absolute atomic E-state index is 11.8. The molecular formula is C11H9N2O4S-. The van der Waals surface area contributed by atoms with Crippen LogP contribution in [0, 0.1) is 0 Å². The number of imide groups is 1. The van der Waals surface area contributed by atoms with Gasteiger partial charge in [-0.3, -0.25) is 14.5 Å². The zero-order valence-corrected chi connectivity index (χ0v) is 9.98. The number of carboxylic acid groups (broad SMARTS) is 1. The predicted molar refractivity (Wildman–Crippen MR) is 63.6 cm³/mol. The summed E-state index contributed by atoms with van der Waals surface area (Å²) in [4.78, 5) is 34.3. The van der Waals surface area contributed by atoms with E-state index in [2.05, 4.69) is 5.32 Å². The summed E-state index contributed by atoms with van der Waals surface area (Å²) in [6.45, 7) is -0.711. The van der Waals surface area contributed by atoms with Gasteiger partial charge in [-0.05, 0) is 23.9 Å². The third-order valence-electron chi connectivity index (χ3n) is 2.29. The highest BCUT2D eigenvalue weighted by molar-refractivity contribution is 8.15. The Kier molecular flexibility index (Phi) is 3.52. The van der Waals surface area contributed by atoms with Gasteiger partial charge in [0, 0.05) is 5.69 Å². The molecule has 1 saturated heterocycles. The number of aliphatic carboxylic acids is 1. The van der Waals surface area contributed by atoms with E-state index in [0.29, 0.717) is 10.6 Å². The van der Waals surface area contributed by atoms with Crippen molar-refractivity contribution in [3.05, 3.63) is 30.3 Å². The van der Waals surface area contributed by atoms with E-state index >= 15 is 0 Å². The van der Waals surface area contributed by atoms with Gasteiger partial charge < -0.3 is 15.2 Å². The summed E-state index contributed by atoms with van der Waals surface area (Å²) in [6, 6.07) is 8.89. The maximum Gasteiger partial charge on any atom is 0.291 e. The van der Waals surface area contributed by atoms with E-state index in [1.165, 1.54) is 0 Å². The van der Waals surface area contributed by atoms with E-state index < -0.39 is 29.0 Å². The zero-order valence-electron chi connectivity index (χ0n) is 9.16. The molecule has 1 aliphatic rings. The van der Waals surface area contributed by atoms with E-state index in [0.717, 1.165) is 11.8 Å². The minimum Gasteiger partial charge on any atom is -0.548 e. The number of nitrogens with zero attached hydrogens (tertiary/aromatic N) is 1. The second-order valence-corrected chi connectivity index (χ2v) is 4.63. The SMILES string of the molecule is O=C([O-])CN1C(=O)S[C@@H](Nc2ccccc2)C1=O. The minimum absolute atomic E-state index is 0.571. The molecule has 1 atom stereocenters. The lowest BCUT2D eigenvalue weighted by Gasteiger charge is -2.14. The van der Waals surface area contributed by atoms with Crippen molar-refractivity contribution >= 4 is 34.6 Å². The van der Waals surface area contributed by atoms with Gasteiger partial charge in [0.2, 0.25) is 0 Å². The van der Waals surface area contributed by atoms with Crippen LogP contribution >= 0.6 is 11.8 Å². The average molecular weight is 265 g/mol. The molecule has 1 fully saturated rings. The first-order chi connectivity index (χ1) is 8.58. The van der Waals surface area contributed by atoms with Crippen LogP contribution in [0.25, 0.3) is 0 Å². The van der Waals surface area contributed by atoms with Gasteiger partial charge in [-0.25, -0.2) is 0 Å². The number of rotatable bonds is 4. The number of amides is 2. The van der Waals surface area contributed by atoms with Crippen molar-refractivity contribution in [3.8, 4) is 0 Å². The Balaban J connectivity index is 2.06. The third kappa shape index (κ3) is 2.62. The summed E-state index contributed by atoms with van der Waals surface area (Å²) in [5.74, 6) is -2.03. The minimum atomic E-state index is -1.46. The summed E-state index contributed by atoms with van der Waals surface area (Å²) in [6.07, 6.45) is 0. The number of benzene rings is 1. The number of anilines is 1. The van der Waals surface area contributed by atoms with Gasteiger partial charge in [0.25, 0.3) is 11.1 Å². The highest BCUT2D eigenvalue weighted by atomic mass is 32.2. The molecule has 2 rings (SSSR count). The fourth-order valence-electron chi connectivity index (χ4n) is 1.49. The number of para-hydroxylation sites is 1. The Morgan fingerprint density at radius 1 is 1.33 bits per heavy atom. The molecule has 18 heavy (non-hydrogen) atoms. The molecule has 0 radical (unpaired) electrons. The van der Waals surface area contributed by atoms with Gasteiger partial charge in [0.15, 0.2) is 5.37 Å². The van der Waals surface area contributed by atoms with Crippen LogP contribution in [0.5, 0.6) is 0 Å². The van der Waals surface area contributed by atoms with Crippen LogP contribution in [0.15, 0.2) is 30.3 Å². The number of carbonyl (C=O) groups excluding carboxylic acids is 3. The molecule has 0 spiro atoms. The largest absolute Gasteiger partial charge is 0.548 e. The zero-order chi connectivity index (χ0) is 13.1. The standard InChI is InChI=1S/C11H10N2O4S/c14-8(15)6-13-10(16)9(18-11(13)17)12-7-4-2-1-3-5-7/h1-5,9,12H,6H2,(H,14,15)/p-1/t9-/m1/s1. The van der Waals surface area contributed by atoms with Crippen LogP contribution in [0.1, 0.15) is 0 Å². The Labute approximate surface area is 107 Å². The molecule has 0 bridgehead atoms. The lowest BCUT2D eigenvalue weighted by atomic mass is 10.3. The van der Waals surface area contributed by atoms with Crippen LogP contribution in [-0.2, 0) is 9.59 Å². The van der Waals surface area contributed by atoms with Crippen LogP contribution < -0.4 is 10.4 Å². The van der Waals surface area contributed by atoms with Crippen LogP contribution in [0.2, 0.25) is 0 Å². The number of thioether (sulfide) groups is 1. The van der Waals surface area contributed by atoms with E-state index in [-0.39, 0.29) is 0 Å². The summed E-state index contributed by atoms with van der Waals surface area (Å²) < 4.78 is 0. The second-order valence-electron chi connectivity index (χ2n) is 3.57. The Bertz CT molecular complexity index is 491. The Morgan fingerprint density at radius 3 is 2.61 bits per heavy atom. The van der Waals surface area contributed by atoms with Crippen LogP contribution in [0.3, 0.4) is 0 Å². The monoisotopic (exact) mass is 265 g/mol. The fourth-order valence-corrected chi connectivity index (χ4v) is 2.40. The first-order valence-electron chi connectivity index (χ1n) is 5.11. The smallest absolute Gasteiger partial charge is 0.291 e. The number of hydrogen-bond donors (Lipinski definition) is 1. The van der Waals surface area contributed by atoms with Crippen molar-refractivity contribution in [2.24, 2.45) is 0 Å². The lowest BCUT2D eigenvalue weighted by molar-refractivity contribution is -0.305. The van der Waals surface area contributed by atoms with E-state index in [1.54, 1.807) is 24.3 Å². The second kappa shape index (κ2) is 5.09. The molecule has 6 nitrogen and oxygen atoms in total. The molecule has 1 aromatic carbocycles. The van der Waals surface area contributed by atoms with Crippen molar-refractivity contribution in [2.75, 3.05) is 11.9 Å². The first-order valence-corrected chi connectivity index (χ1v) is 5.99. The van der Waals surface area contributed by atoms with Gasteiger partial charge >= 0.3 is 0 Å². The normalized spacial score (nSPS) is 19.1. The molecule has 2 amide bonds. The van der Waals surface area contributed by atoms with Crippen molar-refractivity contribution in [1.29, 1.82) is 0 Å². The van der Waals surface area contributed by atoms with Gasteiger partial charge in [-0.1, -0.05) is 18.2 Å². The molecular weight excluding hydrogens is 256 g/mol. The van der Waals surface area contributed by atoms with Gasteiger partial charge in [-0.2, -0.15) is 0 Å². The van der Waals surface area contributed by atoms with Crippen LogP contribution in [-0.4, -0.2) is 33.9 Å². The van der Waals surface area contributed by atoms with Gasteiger partial charge in [0.05, 0.1) is 12.5 Å². The molecule has 7 heteroatoms. The van der Waals surface area contributed by atoms with Crippen molar-refractivity contribution < 1.29 is 19.5 Å². The summed E-state index contributed by atoms with van der Waals surface area (Å²) >= 11 is 0.754. The summed E-state index contributed by atoms with van der Waals surface area (Å²) in [5.41, 5.74) is 0.687. The molecule has 0 aromatic heterocycles. The van der Waals surface area contributed by atoms with E-state index in [1.807, 2.05) is 6.07 Å². The molecule has 1 aromatic rings. The Hall–Kier alpha value is -2.02. The fraction of sp³-hybridized carbons (Fsp3) is 0.182.